The number of nitrogens with one attached hydrogen (secondary N) is 9. The van der Waals surface area contributed by atoms with E-state index in [1.165, 1.54) is 30.5 Å². The molecule has 30 nitrogen and oxygen atoms in total. The fraction of sp³-hybridized carbons (Fsp3) is 0.400. The summed E-state index contributed by atoms with van der Waals surface area (Å²) in [5.41, 5.74) is 24.0. The van der Waals surface area contributed by atoms with Crippen molar-refractivity contribution < 1.29 is 82.8 Å². The van der Waals surface area contributed by atoms with Crippen molar-refractivity contribution in [1.82, 2.24) is 47.5 Å². The second kappa shape index (κ2) is 32.6. The Kier molecular flexibility index (Phi) is 25.9. The SMILES string of the molecule is CC(C)C[C@H](NC(=O)[C@H](CC(=O)O)NC(=O)[C@H](Cc1c[nH]c2ccccc12)NC(=O)[C@H](CCC(N)=O)NC(=O)[C@H](Cc1ccc(O)cc1)NC(=O)[C@H](CO)NC(=O)[C@H](CC(N)=O)NC(=O)[C@@H](N)Cc1ccccc1)C(=O)N[C@@H](CC(N)=O)C(=O)O. The number of phenolic OH excluding ortho intramolecular Hbond substituents is 1. The van der Waals surface area contributed by atoms with Gasteiger partial charge in [-0.15, -0.1) is 0 Å². The molecule has 1 heterocycles. The number of aliphatic carboxylic acids is 2. The number of hydrogen-bond donors (Lipinski definition) is 17. The number of carbonyl (C=O) groups is 13. The van der Waals surface area contributed by atoms with Crippen molar-refractivity contribution in [2.75, 3.05) is 6.61 Å². The van der Waals surface area contributed by atoms with Gasteiger partial charge in [-0.3, -0.25) is 57.5 Å². The number of aromatic hydroxyl groups is 1. The molecule has 0 bridgehead atoms. The van der Waals surface area contributed by atoms with Gasteiger partial charge in [-0.2, -0.15) is 0 Å². The van der Waals surface area contributed by atoms with Crippen LogP contribution < -0.4 is 65.5 Å². The number of hydrogen-bond acceptors (Lipinski definition) is 16. The van der Waals surface area contributed by atoms with Gasteiger partial charge >= 0.3 is 11.9 Å². The van der Waals surface area contributed by atoms with Gasteiger partial charge in [-0.25, -0.2) is 4.79 Å². The van der Waals surface area contributed by atoms with Gasteiger partial charge < -0.3 is 90.9 Å². The van der Waals surface area contributed by atoms with Crippen LogP contribution >= 0.6 is 0 Å². The number of aromatic nitrogens is 1. The van der Waals surface area contributed by atoms with Crippen molar-refractivity contribution in [2.45, 2.75) is 126 Å². The van der Waals surface area contributed by atoms with Gasteiger partial charge in [-0.1, -0.05) is 74.5 Å². The number of H-pyrrole nitrogens is 1. The van der Waals surface area contributed by atoms with Crippen molar-refractivity contribution >= 4 is 87.8 Å². The van der Waals surface area contributed by atoms with Crippen LogP contribution in [0.1, 0.15) is 69.1 Å². The highest BCUT2D eigenvalue weighted by Crippen LogP contribution is 2.20. The zero-order chi connectivity index (χ0) is 63.1. The van der Waals surface area contributed by atoms with Gasteiger partial charge in [0.05, 0.1) is 31.9 Å². The Balaban J connectivity index is 1.66. The van der Waals surface area contributed by atoms with Crippen molar-refractivity contribution in [2.24, 2.45) is 28.9 Å². The number of aliphatic hydroxyl groups excluding tert-OH is 1. The third kappa shape index (κ3) is 22.4. The van der Waals surface area contributed by atoms with Gasteiger partial charge in [-0.05, 0) is 60.1 Å². The molecule has 458 valence electrons. The molecule has 21 N–H and O–H groups in total. The van der Waals surface area contributed by atoms with Gasteiger partial charge in [0.2, 0.25) is 65.0 Å². The molecule has 30 heteroatoms. The highest BCUT2D eigenvalue weighted by atomic mass is 16.4. The second-order valence-electron chi connectivity index (χ2n) is 20.3. The molecule has 0 spiro atoms. The van der Waals surface area contributed by atoms with Crippen LogP contribution in [0.3, 0.4) is 0 Å². The molecular formula is C55H71N13O17. The third-order valence-electron chi connectivity index (χ3n) is 12.9. The zero-order valence-electron chi connectivity index (χ0n) is 46.3. The molecule has 0 unspecified atom stereocenters. The van der Waals surface area contributed by atoms with Crippen LogP contribution in [-0.2, 0) is 81.6 Å². The smallest absolute Gasteiger partial charge is 0.326 e. The lowest BCUT2D eigenvalue weighted by Crippen LogP contribution is -2.61. The van der Waals surface area contributed by atoms with Crippen molar-refractivity contribution in [3.05, 3.63) is 102 Å². The minimum atomic E-state index is -1.99. The molecule has 4 aromatic rings. The minimum absolute atomic E-state index is 0.0263. The first kappa shape index (κ1) is 67.5. The monoisotopic (exact) mass is 1190 g/mol. The number of para-hydroxylation sites is 1. The number of aromatic amines is 1. The van der Waals surface area contributed by atoms with E-state index in [1.54, 1.807) is 68.4 Å². The normalized spacial score (nSPS) is 14.2. The van der Waals surface area contributed by atoms with E-state index < -0.39 is 183 Å². The number of carboxylic acid groups (broad SMARTS) is 2. The predicted octanol–water partition coefficient (Wildman–Crippen LogP) is -4.28. The molecule has 11 amide bonds. The maximum absolute atomic E-state index is 14.6. The van der Waals surface area contributed by atoms with Crippen LogP contribution in [0.25, 0.3) is 10.9 Å². The summed E-state index contributed by atoms with van der Waals surface area (Å²) in [5, 5.41) is 59.0. The fourth-order valence-corrected chi connectivity index (χ4v) is 8.60. The molecule has 1 aromatic heterocycles. The van der Waals surface area contributed by atoms with Crippen molar-refractivity contribution in [3.63, 3.8) is 0 Å². The molecule has 0 aliphatic rings. The van der Waals surface area contributed by atoms with E-state index in [0.29, 0.717) is 22.0 Å². The number of fused-ring (bicyclic) bond motifs is 1. The summed E-state index contributed by atoms with van der Waals surface area (Å²) in [7, 11) is 0. The number of phenols is 1. The van der Waals surface area contributed by atoms with Crippen LogP contribution in [0.2, 0.25) is 0 Å². The molecule has 0 saturated carbocycles. The predicted molar refractivity (Wildman–Crippen MR) is 300 cm³/mol. The van der Waals surface area contributed by atoms with Crippen LogP contribution in [0.15, 0.2) is 85.1 Å². The Hall–Kier alpha value is -9.97. The lowest BCUT2D eigenvalue weighted by molar-refractivity contribution is -0.144. The van der Waals surface area contributed by atoms with E-state index in [-0.39, 0.29) is 30.1 Å². The van der Waals surface area contributed by atoms with E-state index in [0.717, 1.165) is 0 Å². The number of amides is 11. The topological polar surface area (TPSA) is 519 Å². The average molecular weight is 1190 g/mol. The highest BCUT2D eigenvalue weighted by molar-refractivity contribution is 6.00. The van der Waals surface area contributed by atoms with Gasteiger partial charge in [0.15, 0.2) is 0 Å². The first-order valence-electron chi connectivity index (χ1n) is 26.6. The van der Waals surface area contributed by atoms with Crippen molar-refractivity contribution in [1.29, 1.82) is 0 Å². The zero-order valence-corrected chi connectivity index (χ0v) is 46.3. The lowest BCUT2D eigenvalue weighted by Gasteiger charge is -2.28. The third-order valence-corrected chi connectivity index (χ3v) is 12.9. The number of rotatable bonds is 35. The summed E-state index contributed by atoms with van der Waals surface area (Å²) >= 11 is 0. The molecule has 0 aliphatic heterocycles. The maximum atomic E-state index is 14.6. The van der Waals surface area contributed by atoms with E-state index in [1.807, 2.05) is 0 Å². The van der Waals surface area contributed by atoms with E-state index in [4.69, 9.17) is 22.9 Å². The Bertz CT molecular complexity index is 3070. The van der Waals surface area contributed by atoms with E-state index >= 15 is 0 Å². The number of carbonyl (C=O) groups excluding carboxylic acids is 11. The number of primary amides is 3. The van der Waals surface area contributed by atoms with Crippen LogP contribution in [0, 0.1) is 5.92 Å². The summed E-state index contributed by atoms with van der Waals surface area (Å²) < 4.78 is 0. The molecule has 9 atom stereocenters. The Labute approximate surface area is 485 Å². The molecule has 0 radical (unpaired) electrons. The lowest BCUT2D eigenvalue weighted by atomic mass is 10.0. The summed E-state index contributed by atoms with van der Waals surface area (Å²) in [6, 6.07) is 5.08. The largest absolute Gasteiger partial charge is 0.508 e. The summed E-state index contributed by atoms with van der Waals surface area (Å²) in [5.74, 6) is -16.0. The standard InChI is InChI=1S/C55H71N13O17/c1-27(2)18-36(49(78)67-41(55(84)85)23-45(59)73)63-53(82)40(24-46(74)75)66-51(80)38(21-30-25-60-34-11-7-6-10-32(30)34)65-48(77)35(16-17-43(57)71)61-50(79)37(20-29-12-14-31(70)15-13-29)64-54(83)42(26-69)68-52(81)39(22-44(58)72)62-47(76)33(56)19-28-8-4-3-5-9-28/h3-15,25,27,33,35-42,60,69-70H,16-24,26,56H2,1-2H3,(H2,57,71)(H2,58,72)(H2,59,73)(H,61,79)(H,62,76)(H,63,82)(H,64,83)(H,65,77)(H,66,80)(H,67,78)(H,68,81)(H,74,75)(H,84,85)/t33-,35-,36-,37-,38-,39-,40-,41-,42-/m0/s1. The molecule has 0 aliphatic carbocycles. The molecule has 3 aromatic carbocycles. The molecule has 0 fully saturated rings. The summed E-state index contributed by atoms with van der Waals surface area (Å²) in [6.45, 7) is 2.15. The number of carboxylic acids is 2. The Morgan fingerprint density at radius 3 is 1.49 bits per heavy atom. The maximum Gasteiger partial charge on any atom is 0.326 e. The van der Waals surface area contributed by atoms with Gasteiger partial charge in [0.1, 0.15) is 54.1 Å². The molecule has 0 saturated heterocycles. The number of benzene rings is 3. The van der Waals surface area contributed by atoms with E-state index in [2.05, 4.69) is 47.5 Å². The summed E-state index contributed by atoms with van der Waals surface area (Å²) in [6.07, 6.45) is -3.29. The first-order chi connectivity index (χ1) is 40.1. The minimum Gasteiger partial charge on any atom is -0.508 e. The molecular weight excluding hydrogens is 1110 g/mol. The average Bonchev–Trinajstić information content (AvgIpc) is 3.17. The van der Waals surface area contributed by atoms with Crippen molar-refractivity contribution in [3.8, 4) is 5.75 Å². The summed E-state index contributed by atoms with van der Waals surface area (Å²) in [4.78, 5) is 175. The fourth-order valence-electron chi connectivity index (χ4n) is 8.60. The van der Waals surface area contributed by atoms with Crippen LogP contribution in [-0.4, -0.2) is 163 Å². The first-order valence-corrected chi connectivity index (χ1v) is 26.6. The van der Waals surface area contributed by atoms with E-state index in [9.17, 15) is 82.8 Å². The Morgan fingerprint density at radius 1 is 0.482 bits per heavy atom. The second-order valence-corrected chi connectivity index (χ2v) is 20.3. The van der Waals surface area contributed by atoms with Crippen LogP contribution in [0.5, 0.6) is 5.75 Å². The molecule has 4 rings (SSSR count). The molecule has 85 heavy (non-hydrogen) atoms. The van der Waals surface area contributed by atoms with Gasteiger partial charge in [0.25, 0.3) is 0 Å². The number of aliphatic hydroxyl groups is 1. The number of nitrogens with two attached hydrogens (primary N) is 4. The van der Waals surface area contributed by atoms with Gasteiger partial charge in [0, 0.05) is 36.4 Å². The van der Waals surface area contributed by atoms with Crippen LogP contribution in [0.4, 0.5) is 0 Å². The quantitative estimate of drug-likeness (QED) is 0.0207. The Morgan fingerprint density at radius 2 is 0.929 bits per heavy atom. The highest BCUT2D eigenvalue weighted by Gasteiger charge is 2.37.